The van der Waals surface area contributed by atoms with Gasteiger partial charge in [-0.2, -0.15) is 12.7 Å². The maximum atomic E-state index is 11.7. The van der Waals surface area contributed by atoms with E-state index in [0.717, 1.165) is 9.87 Å². The van der Waals surface area contributed by atoms with E-state index in [1.807, 2.05) is 6.07 Å². The average Bonchev–Trinajstić information content (AvgIpc) is 2.82. The maximum absolute atomic E-state index is 11.7. The fourth-order valence-electron chi connectivity index (χ4n) is 1.39. The van der Waals surface area contributed by atoms with Gasteiger partial charge in [-0.05, 0) is 12.1 Å². The Labute approximate surface area is 106 Å². The van der Waals surface area contributed by atoms with Crippen molar-refractivity contribution < 1.29 is 8.42 Å². The molecule has 0 aliphatic rings. The highest BCUT2D eigenvalue weighted by Gasteiger charge is 2.13. The molecule has 0 radical (unpaired) electrons. The van der Waals surface area contributed by atoms with Crippen molar-refractivity contribution in [1.29, 1.82) is 0 Å². The van der Waals surface area contributed by atoms with Crippen molar-refractivity contribution in [2.45, 2.75) is 0 Å². The van der Waals surface area contributed by atoms with E-state index >= 15 is 0 Å². The highest BCUT2D eigenvalue weighted by Crippen LogP contribution is 2.20. The third-order valence-electron chi connectivity index (χ3n) is 2.36. The molecule has 1 aromatic carbocycles. The second-order valence-corrected chi connectivity index (χ2v) is 5.79. The van der Waals surface area contributed by atoms with Crippen LogP contribution in [0.1, 0.15) is 0 Å². The van der Waals surface area contributed by atoms with Gasteiger partial charge in [-0.25, -0.2) is 4.98 Å². The number of aromatic amines is 1. The van der Waals surface area contributed by atoms with Crippen LogP contribution in [-0.4, -0.2) is 36.8 Å². The molecule has 0 unspecified atom stereocenters. The number of benzene rings is 1. The summed E-state index contributed by atoms with van der Waals surface area (Å²) in [5, 5.41) is 0. The van der Waals surface area contributed by atoms with E-state index in [9.17, 15) is 8.42 Å². The van der Waals surface area contributed by atoms with E-state index in [2.05, 4.69) is 14.7 Å². The summed E-state index contributed by atoms with van der Waals surface area (Å²) in [7, 11) is -0.542. The van der Waals surface area contributed by atoms with Gasteiger partial charge in [0.2, 0.25) is 0 Å². The third-order valence-corrected chi connectivity index (χ3v) is 3.82. The molecule has 0 atom stereocenters. The Balaban J connectivity index is 2.29. The van der Waals surface area contributed by atoms with Gasteiger partial charge in [0, 0.05) is 32.1 Å². The molecular formula is C11H14N4O2S. The summed E-state index contributed by atoms with van der Waals surface area (Å²) in [4.78, 5) is 7.08. The minimum Gasteiger partial charge on any atom is -0.345 e. The van der Waals surface area contributed by atoms with Crippen LogP contribution in [0.4, 0.5) is 5.69 Å². The Morgan fingerprint density at radius 1 is 1.33 bits per heavy atom. The molecule has 2 rings (SSSR count). The predicted molar refractivity (Wildman–Crippen MR) is 70.3 cm³/mol. The summed E-state index contributed by atoms with van der Waals surface area (Å²) in [6, 6.07) is 7.03. The number of H-pyrrole nitrogens is 1. The van der Waals surface area contributed by atoms with Crippen LogP contribution in [0.25, 0.3) is 11.4 Å². The molecule has 0 saturated carbocycles. The highest BCUT2D eigenvalue weighted by atomic mass is 32.2. The predicted octanol–water partition coefficient (Wildman–Crippen LogP) is 1.29. The van der Waals surface area contributed by atoms with E-state index in [1.165, 1.54) is 14.1 Å². The first-order valence-corrected chi connectivity index (χ1v) is 6.73. The number of hydrogen-bond acceptors (Lipinski definition) is 3. The molecule has 0 amide bonds. The second kappa shape index (κ2) is 4.79. The number of aromatic nitrogens is 2. The molecule has 0 aliphatic carbocycles. The van der Waals surface area contributed by atoms with Gasteiger partial charge < -0.3 is 4.98 Å². The smallest absolute Gasteiger partial charge is 0.301 e. The molecule has 0 fully saturated rings. The quantitative estimate of drug-likeness (QED) is 0.875. The lowest BCUT2D eigenvalue weighted by atomic mass is 10.2. The van der Waals surface area contributed by atoms with Crippen LogP contribution in [0, 0.1) is 0 Å². The summed E-state index contributed by atoms with van der Waals surface area (Å²) < 4.78 is 27.0. The number of nitrogens with one attached hydrogen (secondary N) is 2. The molecule has 1 heterocycles. The zero-order valence-corrected chi connectivity index (χ0v) is 10.9. The summed E-state index contributed by atoms with van der Waals surface area (Å²) in [5.41, 5.74) is 1.32. The van der Waals surface area contributed by atoms with Crippen LogP contribution in [0.5, 0.6) is 0 Å². The maximum Gasteiger partial charge on any atom is 0.301 e. The minimum absolute atomic E-state index is 0.498. The fourth-order valence-corrected chi connectivity index (χ4v) is 2.00. The van der Waals surface area contributed by atoms with Crippen LogP contribution >= 0.6 is 0 Å². The van der Waals surface area contributed by atoms with Crippen molar-refractivity contribution in [3.8, 4) is 11.4 Å². The molecular weight excluding hydrogens is 252 g/mol. The second-order valence-electron chi connectivity index (χ2n) is 3.91. The number of rotatable bonds is 4. The Morgan fingerprint density at radius 3 is 2.72 bits per heavy atom. The molecule has 96 valence electrons. The lowest BCUT2D eigenvalue weighted by Gasteiger charge is -2.13. The van der Waals surface area contributed by atoms with Crippen molar-refractivity contribution in [3.63, 3.8) is 0 Å². The van der Waals surface area contributed by atoms with E-state index in [4.69, 9.17) is 0 Å². The largest absolute Gasteiger partial charge is 0.345 e. The standard InChI is InChI=1S/C11H14N4O2S/c1-15(2)18(16,17)14-10-5-3-4-9(8-10)11-12-6-7-13-11/h3-8,14H,1-2H3,(H,12,13). The molecule has 18 heavy (non-hydrogen) atoms. The first-order valence-electron chi connectivity index (χ1n) is 5.29. The first-order chi connectivity index (χ1) is 8.49. The van der Waals surface area contributed by atoms with Gasteiger partial charge in [-0.1, -0.05) is 12.1 Å². The molecule has 0 aliphatic heterocycles. The first kappa shape index (κ1) is 12.6. The average molecular weight is 266 g/mol. The zero-order valence-electron chi connectivity index (χ0n) is 10.1. The van der Waals surface area contributed by atoms with Crippen molar-refractivity contribution in [1.82, 2.24) is 14.3 Å². The monoisotopic (exact) mass is 266 g/mol. The minimum atomic E-state index is -3.48. The van der Waals surface area contributed by atoms with Gasteiger partial charge in [-0.3, -0.25) is 4.72 Å². The molecule has 0 saturated heterocycles. The molecule has 1 aromatic heterocycles. The van der Waals surface area contributed by atoms with E-state index < -0.39 is 10.2 Å². The lowest BCUT2D eigenvalue weighted by molar-refractivity contribution is 0.527. The molecule has 0 bridgehead atoms. The third kappa shape index (κ3) is 2.69. The van der Waals surface area contributed by atoms with Crippen molar-refractivity contribution in [2.24, 2.45) is 0 Å². The summed E-state index contributed by atoms with van der Waals surface area (Å²) in [5.74, 6) is 0.695. The topological polar surface area (TPSA) is 78.1 Å². The number of imidazole rings is 1. The van der Waals surface area contributed by atoms with Crippen LogP contribution in [0.15, 0.2) is 36.7 Å². The zero-order chi connectivity index (χ0) is 13.2. The van der Waals surface area contributed by atoms with E-state index in [-0.39, 0.29) is 0 Å². The van der Waals surface area contributed by atoms with Crippen molar-refractivity contribution in [2.75, 3.05) is 18.8 Å². The van der Waals surface area contributed by atoms with Crippen LogP contribution in [0.2, 0.25) is 0 Å². The summed E-state index contributed by atoms with van der Waals surface area (Å²) in [6.07, 6.45) is 3.36. The van der Waals surface area contributed by atoms with Crippen molar-refractivity contribution >= 4 is 15.9 Å². The molecule has 7 heteroatoms. The molecule has 0 spiro atoms. The van der Waals surface area contributed by atoms with Crippen LogP contribution < -0.4 is 4.72 Å². The van der Waals surface area contributed by atoms with Gasteiger partial charge in [0.1, 0.15) is 5.82 Å². The van der Waals surface area contributed by atoms with Gasteiger partial charge in [0.25, 0.3) is 0 Å². The number of hydrogen-bond donors (Lipinski definition) is 2. The molecule has 2 aromatic rings. The van der Waals surface area contributed by atoms with Gasteiger partial charge in [0.15, 0.2) is 0 Å². The SMILES string of the molecule is CN(C)S(=O)(=O)Nc1cccc(-c2ncc[nH]2)c1. The molecule has 2 N–H and O–H groups in total. The molecule has 6 nitrogen and oxygen atoms in total. The van der Waals surface area contributed by atoms with E-state index in [1.54, 1.807) is 30.6 Å². The van der Waals surface area contributed by atoms with Crippen LogP contribution in [0.3, 0.4) is 0 Å². The lowest BCUT2D eigenvalue weighted by Crippen LogP contribution is -2.28. The van der Waals surface area contributed by atoms with Gasteiger partial charge in [-0.15, -0.1) is 0 Å². The van der Waals surface area contributed by atoms with Gasteiger partial charge >= 0.3 is 10.2 Å². The Bertz CT molecular complexity index is 620. The summed E-state index contributed by atoms with van der Waals surface area (Å²) in [6.45, 7) is 0. The van der Waals surface area contributed by atoms with Crippen LogP contribution in [-0.2, 0) is 10.2 Å². The summed E-state index contributed by atoms with van der Waals surface area (Å²) >= 11 is 0. The van der Waals surface area contributed by atoms with Gasteiger partial charge in [0.05, 0.1) is 5.69 Å². The fraction of sp³-hybridized carbons (Fsp3) is 0.182. The Morgan fingerprint density at radius 2 is 2.11 bits per heavy atom. The van der Waals surface area contributed by atoms with Crippen molar-refractivity contribution in [3.05, 3.63) is 36.7 Å². The normalized spacial score (nSPS) is 11.7. The Kier molecular flexibility index (Phi) is 3.35. The Hall–Kier alpha value is -1.86. The number of anilines is 1. The highest BCUT2D eigenvalue weighted by molar-refractivity contribution is 7.90. The number of nitrogens with zero attached hydrogens (tertiary/aromatic N) is 2. The van der Waals surface area contributed by atoms with E-state index in [0.29, 0.717) is 11.5 Å².